The first-order valence-electron chi connectivity index (χ1n) is 10.8. The lowest BCUT2D eigenvalue weighted by Gasteiger charge is -2.11. The number of nitroso groups, excluding NO2 is 1. The van der Waals surface area contributed by atoms with Gasteiger partial charge in [-0.15, -0.1) is 4.91 Å². The number of aromatic nitrogens is 3. The quantitative estimate of drug-likeness (QED) is 0.231. The van der Waals surface area contributed by atoms with Crippen molar-refractivity contribution in [3.63, 3.8) is 0 Å². The van der Waals surface area contributed by atoms with E-state index in [9.17, 15) is 9.70 Å². The van der Waals surface area contributed by atoms with Gasteiger partial charge in [0.05, 0.1) is 11.9 Å². The summed E-state index contributed by atoms with van der Waals surface area (Å²) in [5.74, 6) is 2.22. The van der Waals surface area contributed by atoms with Crippen molar-refractivity contribution in [1.29, 1.82) is 0 Å². The molecule has 0 radical (unpaired) electrons. The van der Waals surface area contributed by atoms with Gasteiger partial charge in [0.25, 0.3) is 5.91 Å². The Morgan fingerprint density at radius 1 is 1.15 bits per heavy atom. The first-order valence-corrected chi connectivity index (χ1v) is 12.0. The number of aryl methyl sites for hydroxylation is 1. The fourth-order valence-corrected chi connectivity index (χ4v) is 4.18. The Balaban J connectivity index is 1.50. The zero-order chi connectivity index (χ0) is 23.9. The maximum atomic E-state index is 12.5. The molecule has 1 amide bonds. The molecule has 0 saturated heterocycles. The van der Waals surface area contributed by atoms with Crippen LogP contribution in [0.4, 0.5) is 17.2 Å². The fourth-order valence-electron chi connectivity index (χ4n) is 3.56. The maximum Gasteiger partial charge on any atom is 0.251 e. The Bertz CT molecular complexity index is 1300. The first-order chi connectivity index (χ1) is 16.6. The van der Waals surface area contributed by atoms with Crippen molar-refractivity contribution in [3.8, 4) is 11.3 Å². The molecule has 0 saturated carbocycles. The molecule has 0 aliphatic carbocycles. The standard InChI is InChI=1S/C24H25N7O2S/c1-16-14-19(6-7-20(16)24(32)27-10-13-34-12-8-25)29-22-23-28-15-21(31(23)11-9-26-22)17-2-4-18(30-33)5-3-17/h2-7,9,11,14-15H,8,10,12-13,25H2,1H3,(H,26,29)(H,27,32). The number of amides is 1. The van der Waals surface area contributed by atoms with E-state index in [1.54, 1.807) is 42.4 Å². The molecular formula is C24H25N7O2S. The number of carbonyl (C=O) groups is 1. The average molecular weight is 476 g/mol. The molecule has 0 aliphatic rings. The van der Waals surface area contributed by atoms with Crippen LogP contribution in [0.3, 0.4) is 0 Å². The second-order valence-corrected chi connectivity index (χ2v) is 8.79. The molecule has 4 rings (SSSR count). The molecule has 0 atom stereocenters. The van der Waals surface area contributed by atoms with Crippen LogP contribution in [-0.2, 0) is 0 Å². The van der Waals surface area contributed by atoms with Gasteiger partial charge in [-0.3, -0.25) is 9.20 Å². The van der Waals surface area contributed by atoms with E-state index in [1.807, 2.05) is 41.8 Å². The lowest BCUT2D eigenvalue weighted by Crippen LogP contribution is -2.26. The molecule has 0 unspecified atom stereocenters. The second kappa shape index (κ2) is 10.9. The van der Waals surface area contributed by atoms with Crippen molar-refractivity contribution in [2.75, 3.05) is 29.9 Å². The van der Waals surface area contributed by atoms with Gasteiger partial charge < -0.3 is 16.4 Å². The Kier molecular flexibility index (Phi) is 7.51. The molecule has 34 heavy (non-hydrogen) atoms. The minimum atomic E-state index is -0.0914. The summed E-state index contributed by atoms with van der Waals surface area (Å²) < 4.78 is 1.93. The van der Waals surface area contributed by atoms with E-state index in [4.69, 9.17) is 5.73 Å². The van der Waals surface area contributed by atoms with Crippen molar-refractivity contribution in [2.45, 2.75) is 6.92 Å². The fraction of sp³-hybridized carbons (Fsp3) is 0.208. The highest BCUT2D eigenvalue weighted by Gasteiger charge is 2.13. The van der Waals surface area contributed by atoms with Crippen molar-refractivity contribution >= 4 is 40.5 Å². The maximum absolute atomic E-state index is 12.5. The Morgan fingerprint density at radius 3 is 2.71 bits per heavy atom. The highest BCUT2D eigenvalue weighted by atomic mass is 32.2. The number of carbonyl (C=O) groups excluding carboxylic acids is 1. The first kappa shape index (κ1) is 23.4. The van der Waals surface area contributed by atoms with Gasteiger partial charge >= 0.3 is 0 Å². The molecule has 9 nitrogen and oxygen atoms in total. The molecule has 0 spiro atoms. The van der Waals surface area contributed by atoms with Crippen LogP contribution in [0.2, 0.25) is 0 Å². The SMILES string of the molecule is Cc1cc(Nc2nccn3c(-c4ccc(N=O)cc4)cnc23)ccc1C(=O)NCCSCCN. The summed E-state index contributed by atoms with van der Waals surface area (Å²) in [4.78, 5) is 32.2. The van der Waals surface area contributed by atoms with Gasteiger partial charge in [0.2, 0.25) is 0 Å². The molecule has 4 N–H and O–H groups in total. The topological polar surface area (TPSA) is 127 Å². The van der Waals surface area contributed by atoms with E-state index in [2.05, 4.69) is 25.8 Å². The minimum absolute atomic E-state index is 0.0914. The second-order valence-electron chi connectivity index (χ2n) is 7.56. The molecule has 2 aromatic carbocycles. The van der Waals surface area contributed by atoms with Crippen LogP contribution in [0.1, 0.15) is 15.9 Å². The molecule has 0 bridgehead atoms. The average Bonchev–Trinajstić information content (AvgIpc) is 3.29. The van der Waals surface area contributed by atoms with E-state index < -0.39 is 0 Å². The highest BCUT2D eigenvalue weighted by molar-refractivity contribution is 7.99. The molecule has 4 aromatic rings. The van der Waals surface area contributed by atoms with Crippen molar-refractivity contribution < 1.29 is 4.79 Å². The van der Waals surface area contributed by atoms with Crippen LogP contribution in [0.25, 0.3) is 16.9 Å². The zero-order valence-electron chi connectivity index (χ0n) is 18.7. The summed E-state index contributed by atoms with van der Waals surface area (Å²) in [7, 11) is 0. The Hall–Kier alpha value is -3.76. The lowest BCUT2D eigenvalue weighted by molar-refractivity contribution is 0.0955. The van der Waals surface area contributed by atoms with Gasteiger partial charge in [0, 0.05) is 53.8 Å². The lowest BCUT2D eigenvalue weighted by atomic mass is 10.1. The third-order valence-corrected chi connectivity index (χ3v) is 6.24. The highest BCUT2D eigenvalue weighted by Crippen LogP contribution is 2.27. The number of imidazole rings is 1. The summed E-state index contributed by atoms with van der Waals surface area (Å²) in [5.41, 5.74) is 10.6. The van der Waals surface area contributed by atoms with Crippen LogP contribution in [0.5, 0.6) is 0 Å². The number of hydrogen-bond acceptors (Lipinski definition) is 8. The van der Waals surface area contributed by atoms with E-state index in [-0.39, 0.29) is 5.91 Å². The summed E-state index contributed by atoms with van der Waals surface area (Å²) in [6, 6.07) is 12.6. The van der Waals surface area contributed by atoms with E-state index in [0.717, 1.165) is 34.0 Å². The van der Waals surface area contributed by atoms with Gasteiger partial charge in [-0.05, 0) is 48.0 Å². The summed E-state index contributed by atoms with van der Waals surface area (Å²) in [6.45, 7) is 3.15. The number of nitrogens with two attached hydrogens (primary N) is 1. The van der Waals surface area contributed by atoms with Crippen LogP contribution in [0, 0.1) is 11.8 Å². The largest absolute Gasteiger partial charge is 0.351 e. The normalized spacial score (nSPS) is 10.9. The Morgan fingerprint density at radius 2 is 1.97 bits per heavy atom. The molecule has 10 heteroatoms. The molecule has 0 aliphatic heterocycles. The molecular weight excluding hydrogens is 450 g/mol. The van der Waals surface area contributed by atoms with Crippen LogP contribution in [0.15, 0.2) is 66.2 Å². The van der Waals surface area contributed by atoms with Crippen LogP contribution in [-0.4, -0.2) is 44.9 Å². The van der Waals surface area contributed by atoms with Gasteiger partial charge in [0.1, 0.15) is 5.69 Å². The van der Waals surface area contributed by atoms with Gasteiger partial charge in [0.15, 0.2) is 11.5 Å². The number of anilines is 2. The third-order valence-electron chi connectivity index (χ3n) is 5.22. The van der Waals surface area contributed by atoms with Crippen molar-refractivity contribution in [3.05, 3.63) is 77.1 Å². The van der Waals surface area contributed by atoms with E-state index >= 15 is 0 Å². The monoisotopic (exact) mass is 475 g/mol. The number of thioether (sulfide) groups is 1. The molecule has 2 aromatic heterocycles. The molecule has 0 fully saturated rings. The molecule has 2 heterocycles. The van der Waals surface area contributed by atoms with Gasteiger partial charge in [-0.1, -0.05) is 12.1 Å². The summed E-state index contributed by atoms with van der Waals surface area (Å²) in [6.07, 6.45) is 5.29. The number of rotatable bonds is 10. The third kappa shape index (κ3) is 5.24. The molecule has 174 valence electrons. The predicted octanol–water partition coefficient (Wildman–Crippen LogP) is 4.27. The van der Waals surface area contributed by atoms with Crippen molar-refractivity contribution in [2.24, 2.45) is 10.9 Å². The summed E-state index contributed by atoms with van der Waals surface area (Å²) >= 11 is 1.72. The van der Waals surface area contributed by atoms with Crippen LogP contribution >= 0.6 is 11.8 Å². The Labute approximate surface area is 201 Å². The zero-order valence-corrected chi connectivity index (χ0v) is 19.5. The number of nitrogens with zero attached hydrogens (tertiary/aromatic N) is 4. The number of fused-ring (bicyclic) bond motifs is 1. The minimum Gasteiger partial charge on any atom is -0.351 e. The van der Waals surface area contributed by atoms with Crippen LogP contribution < -0.4 is 16.4 Å². The van der Waals surface area contributed by atoms with E-state index in [0.29, 0.717) is 35.8 Å². The predicted molar refractivity (Wildman–Crippen MR) is 137 cm³/mol. The number of nitrogens with one attached hydrogen (secondary N) is 2. The number of hydrogen-bond donors (Lipinski definition) is 3. The van der Waals surface area contributed by atoms with Gasteiger partial charge in [-0.25, -0.2) is 9.97 Å². The summed E-state index contributed by atoms with van der Waals surface area (Å²) in [5, 5.41) is 9.20. The van der Waals surface area contributed by atoms with Gasteiger partial charge in [-0.2, -0.15) is 11.8 Å². The smallest absolute Gasteiger partial charge is 0.251 e. The van der Waals surface area contributed by atoms with E-state index in [1.165, 1.54) is 0 Å². The van der Waals surface area contributed by atoms with Crippen molar-refractivity contribution in [1.82, 2.24) is 19.7 Å². The number of benzene rings is 2.